The molecule has 139 heavy (non-hydrogen) atoms. The summed E-state index contributed by atoms with van der Waals surface area (Å²) in [5.74, 6) is -6.67. The fraction of sp³-hybridized carbons (Fsp3) is 0.618. The van der Waals surface area contributed by atoms with E-state index in [9.17, 15) is 33.9 Å². The number of amides is 1. The van der Waals surface area contributed by atoms with Gasteiger partial charge in [0.2, 0.25) is 5.91 Å². The molecule has 0 saturated carbocycles. The van der Waals surface area contributed by atoms with E-state index in [2.05, 4.69) is 164 Å². The second-order valence-corrected chi connectivity index (χ2v) is 39.4. The summed E-state index contributed by atoms with van der Waals surface area (Å²) in [6, 6.07) is -1.02. The lowest BCUT2D eigenvalue weighted by atomic mass is 9.75. The largest absolute Gasteiger partial charge is 0.481 e. The average molecular weight is 1910 g/mol. The summed E-state index contributed by atoms with van der Waals surface area (Å²) in [4.78, 5) is 128. The van der Waals surface area contributed by atoms with Crippen LogP contribution in [0.3, 0.4) is 0 Å². The maximum Gasteiger partial charge on any atom is 0.317 e. The molecule has 16 bridgehead atoms. The number of rotatable bonds is 58. The third kappa shape index (κ3) is 27.7. The molecule has 0 fully saturated rings. The molecule has 29 nitrogen and oxygen atoms in total. The number of nitrogens with two attached hydrogens (primary N) is 2. The summed E-state index contributed by atoms with van der Waals surface area (Å²) in [7, 11) is 4.68. The fourth-order valence-electron chi connectivity index (χ4n) is 22.1. The van der Waals surface area contributed by atoms with Gasteiger partial charge in [-0.2, -0.15) is 0 Å². The van der Waals surface area contributed by atoms with E-state index in [1.165, 1.54) is 84.8 Å². The van der Waals surface area contributed by atoms with Gasteiger partial charge >= 0.3 is 17.9 Å². The second kappa shape index (κ2) is 54.7. The van der Waals surface area contributed by atoms with Gasteiger partial charge in [-0.05, 0) is 271 Å². The normalized spacial score (nSPS) is 20.6. The Bertz CT molecular complexity index is 5450. The first-order valence-corrected chi connectivity index (χ1v) is 52.5. The van der Waals surface area contributed by atoms with E-state index in [1.807, 2.05) is 59.0 Å². The molecule has 12 rings (SSSR count). The highest BCUT2D eigenvalue weighted by Crippen LogP contribution is 2.52. The summed E-state index contributed by atoms with van der Waals surface area (Å²) in [5.41, 5.74) is 30.9. The van der Waals surface area contributed by atoms with Crippen LogP contribution in [-0.4, -0.2) is 293 Å². The molecule has 4 aromatic heterocycles. The maximum atomic E-state index is 14.8. The monoisotopic (exact) mass is 1910 g/mol. The lowest BCUT2D eigenvalue weighted by Crippen LogP contribution is -2.45. The maximum absolute atomic E-state index is 14.8. The topological polar surface area (TPSA) is 391 Å². The van der Waals surface area contributed by atoms with Crippen LogP contribution in [0.1, 0.15) is 266 Å². The van der Waals surface area contributed by atoms with Gasteiger partial charge < -0.3 is 87.7 Å². The lowest BCUT2D eigenvalue weighted by Gasteiger charge is -2.29. The highest BCUT2D eigenvalue weighted by atomic mass is 16.5. The Hall–Kier alpha value is -9.50. The zero-order chi connectivity index (χ0) is 99.9. The van der Waals surface area contributed by atoms with Crippen LogP contribution in [-0.2, 0) is 28.7 Å². The van der Waals surface area contributed by atoms with Crippen molar-refractivity contribution in [1.82, 2.24) is 71.4 Å². The number of esters is 2. The molecular weight excluding hydrogens is 1750 g/mol. The van der Waals surface area contributed by atoms with Gasteiger partial charge in [-0.25, -0.2) is 9.98 Å². The van der Waals surface area contributed by atoms with Crippen LogP contribution >= 0.6 is 0 Å². The van der Waals surface area contributed by atoms with Crippen LogP contribution in [0.5, 0.6) is 0 Å². The van der Waals surface area contributed by atoms with Gasteiger partial charge in [0.15, 0.2) is 11.6 Å². The number of carbonyl (C=O) groups is 6. The number of hydrogen-bond donors (Lipinski definition) is 13. The van der Waals surface area contributed by atoms with E-state index in [-0.39, 0.29) is 54.0 Å². The molecule has 0 spiro atoms. The number of aromatic amines is 4. The van der Waals surface area contributed by atoms with E-state index in [4.69, 9.17) is 40.9 Å². The number of Topliss-reactive ketones (excluding diaryl/α,β-unsaturated/α-hetero) is 2. The number of aromatic nitrogens is 4. The highest BCUT2D eigenvalue weighted by Gasteiger charge is 2.57. The Kier molecular flexibility index (Phi) is 43.2. The molecule has 0 aromatic carbocycles. The van der Waals surface area contributed by atoms with Crippen LogP contribution in [0.25, 0.3) is 48.6 Å². The Morgan fingerprint density at radius 2 is 0.856 bits per heavy atom. The predicted octanol–water partition coefficient (Wildman–Crippen LogP) is 10.7. The van der Waals surface area contributed by atoms with Gasteiger partial charge in [-0.15, -0.1) is 0 Å². The number of H-pyrrole nitrogens is 4. The van der Waals surface area contributed by atoms with Crippen LogP contribution in [0.15, 0.2) is 66.8 Å². The van der Waals surface area contributed by atoms with Crippen LogP contribution in [0.2, 0.25) is 0 Å². The summed E-state index contributed by atoms with van der Waals surface area (Å²) < 4.78 is 10.6. The van der Waals surface area contributed by atoms with E-state index in [0.717, 1.165) is 286 Å². The van der Waals surface area contributed by atoms with E-state index >= 15 is 0 Å². The molecular formula is C110H168N20O9. The van der Waals surface area contributed by atoms with Crippen molar-refractivity contribution in [3.63, 3.8) is 0 Å². The minimum atomic E-state index is -1.08. The molecule has 10 atom stereocenters. The average Bonchev–Trinajstić information content (AvgIpc) is 1.56. The van der Waals surface area contributed by atoms with Gasteiger partial charge in [0.1, 0.15) is 11.8 Å². The predicted molar refractivity (Wildman–Crippen MR) is 568 cm³/mol. The van der Waals surface area contributed by atoms with Crippen molar-refractivity contribution in [2.45, 2.75) is 229 Å². The Morgan fingerprint density at radius 3 is 1.27 bits per heavy atom. The first-order valence-electron chi connectivity index (χ1n) is 52.5. The van der Waals surface area contributed by atoms with Gasteiger partial charge in [-0.3, -0.25) is 48.6 Å². The zero-order valence-corrected chi connectivity index (χ0v) is 86.7. The van der Waals surface area contributed by atoms with Crippen LogP contribution in [0, 0.1) is 63.2 Å². The van der Waals surface area contributed by atoms with Crippen LogP contribution in [0.4, 0.5) is 0 Å². The number of methoxy groups -OCH3 is 2. The van der Waals surface area contributed by atoms with Crippen molar-refractivity contribution < 1.29 is 43.3 Å². The highest BCUT2D eigenvalue weighted by molar-refractivity contribution is 6.25. The van der Waals surface area contributed by atoms with Gasteiger partial charge in [0.25, 0.3) is 0 Å². The van der Waals surface area contributed by atoms with Crippen molar-refractivity contribution >= 4 is 107 Å². The minimum Gasteiger partial charge on any atom is -0.481 e. The first kappa shape index (κ1) is 110. The van der Waals surface area contributed by atoms with E-state index in [1.54, 1.807) is 0 Å². The van der Waals surface area contributed by atoms with Crippen LogP contribution < -0.4 is 64.8 Å². The molecule has 2 aliphatic carbocycles. The number of carboxylic acid groups (broad SMARTS) is 1. The summed E-state index contributed by atoms with van der Waals surface area (Å²) in [6.45, 7) is 55.8. The number of aliphatic carboxylic acids is 1. The Balaban J connectivity index is 0.000000346. The third-order valence-corrected chi connectivity index (χ3v) is 30.4. The lowest BCUT2D eigenvalue weighted by molar-refractivity contribution is -0.145. The molecule has 4 aromatic rings. The molecule has 29 heteroatoms. The summed E-state index contributed by atoms with van der Waals surface area (Å²) in [5, 5.41) is 34.7. The number of hydrogen-bond acceptors (Lipinski definition) is 23. The third-order valence-electron chi connectivity index (χ3n) is 30.4. The number of nitrogens with zero attached hydrogens (tertiary/aromatic N) is 8. The quantitative estimate of drug-likeness (QED) is 0.0111. The van der Waals surface area contributed by atoms with Gasteiger partial charge in [0.05, 0.1) is 49.1 Å². The SMILES string of the molecule is C=Cc1c(C)c2[nH]c1=CC1=NC(=Cc3[nH]c4c(c3C)C(=O)C(C(=O)OC)C4C3N=C(C=2)C(C)C3CCC(=O)NCCN(CCNCCN(CCN)CCNCCCC)CCN(CCCCCNCCCC)CCNCCN(CCCCCN)CCCCCNC)C(CC)=C1C.C=Cc1c(C)c2[nH]c1=CC1=NC(=Cc3[nH]c4c(c3C)C(=O)C(C(=O)OC)C4C3N=C(C=2)C(C)C3CCC(=O)O)C(CC)=C1C. The second-order valence-electron chi connectivity index (χ2n) is 39.4. The van der Waals surface area contributed by atoms with Crippen molar-refractivity contribution in [2.24, 2.45) is 66.9 Å². The number of ketones is 2. The van der Waals surface area contributed by atoms with E-state index < -0.39 is 53.7 Å². The minimum absolute atomic E-state index is 0.0199. The number of aliphatic imine (C=N–C) groups is 4. The molecule has 10 unspecified atom stereocenters. The van der Waals surface area contributed by atoms with Crippen molar-refractivity contribution in [1.29, 1.82) is 0 Å². The molecule has 0 saturated heterocycles. The number of ether oxygens (including phenoxy) is 2. The Labute approximate surface area is 826 Å². The molecule has 10 heterocycles. The smallest absolute Gasteiger partial charge is 0.317 e. The fourth-order valence-corrected chi connectivity index (χ4v) is 22.1. The summed E-state index contributed by atoms with van der Waals surface area (Å²) >= 11 is 0. The molecule has 8 aliphatic rings. The van der Waals surface area contributed by atoms with E-state index in [0.29, 0.717) is 55.0 Å². The molecule has 15 N–H and O–H groups in total. The number of allylic oxidation sites excluding steroid dienone is 4. The summed E-state index contributed by atoms with van der Waals surface area (Å²) in [6.07, 6.45) is 34.3. The van der Waals surface area contributed by atoms with Crippen molar-refractivity contribution in [3.8, 4) is 0 Å². The first-order chi connectivity index (χ1) is 67.3. The number of carboxylic acids is 1. The number of fused-ring (bicyclic) bond motifs is 12. The number of carbonyl (C=O) groups excluding carboxylic acids is 5. The Morgan fingerprint density at radius 1 is 0.460 bits per heavy atom. The van der Waals surface area contributed by atoms with Crippen molar-refractivity contribution in [3.05, 3.63) is 136 Å². The standard InChI is InChI=1S/C75H130N16O4.C35H38N4O5/c1-11-15-31-79-33-22-19-25-42-89(45-36-81-35-44-88(40-23-17-20-28-76)41-24-18-21-30-78-9)50-51-91(48-38-82-37-47-90(43-29-77)46-34-80-32-16-12-2)49-39-83-68(92)27-26-61-57(7)64-52-62-55(5)59(13-3)66(84-62)53-63-56(6)60(14-4)67(85-63)54-65-58(8)69-73(87-65)70(72(61)86-64)71(74(69)93)75(94)95-10;1-8-19-15(3)22-12-24-17(5)21(10-11-28(40)41)32(38-24)30-31(35(43)44-7)34(42)29-18(6)25(39-33(29)30)14-27-20(9-2)16(4)23(37-27)13-26(19)36-22/h13,52-54,57,61,70-72,78-82,84,87H,3,11-12,14-51,76-77H2,1-2,4-10H3,(H,83,92);8,12-14,17,21,30-32,36,39H,1,9-11H2,2-7H3,(H,40,41). The molecule has 0 radical (unpaired) electrons. The number of unbranched alkanes of at least 4 members (excludes halogenated alkanes) is 8. The zero-order valence-electron chi connectivity index (χ0n) is 86.7. The number of nitrogens with one attached hydrogen (secondary N) is 10. The molecule has 1 amide bonds. The van der Waals surface area contributed by atoms with Gasteiger partial charge in [-0.1, -0.05) is 99.0 Å². The molecule has 6 aliphatic heterocycles. The van der Waals surface area contributed by atoms with Crippen molar-refractivity contribution in [2.75, 3.05) is 178 Å². The molecule has 762 valence electrons. The van der Waals surface area contributed by atoms with Gasteiger partial charge in [0, 0.05) is 219 Å².